The van der Waals surface area contributed by atoms with Gasteiger partial charge in [0.15, 0.2) is 0 Å². The summed E-state index contributed by atoms with van der Waals surface area (Å²) in [5.74, 6) is 1.41. The van der Waals surface area contributed by atoms with Gasteiger partial charge in [-0.3, -0.25) is 0 Å². The van der Waals surface area contributed by atoms with Crippen molar-refractivity contribution in [3.8, 4) is 0 Å². The third kappa shape index (κ3) is 2.52. The van der Waals surface area contributed by atoms with Crippen LogP contribution in [0.15, 0.2) is 12.2 Å². The highest BCUT2D eigenvalue weighted by Crippen LogP contribution is 2.41. The van der Waals surface area contributed by atoms with Gasteiger partial charge in [-0.2, -0.15) is 0 Å². The van der Waals surface area contributed by atoms with Crippen molar-refractivity contribution in [1.82, 2.24) is 5.32 Å². The van der Waals surface area contributed by atoms with Crippen molar-refractivity contribution in [1.29, 1.82) is 0 Å². The molecule has 0 aromatic carbocycles. The molecule has 1 N–H and O–H groups in total. The quantitative estimate of drug-likeness (QED) is 0.701. The molecule has 1 heteroatoms. The van der Waals surface area contributed by atoms with Gasteiger partial charge in [-0.25, -0.2) is 0 Å². The molecule has 0 radical (unpaired) electrons. The number of hydrogen-bond acceptors (Lipinski definition) is 1. The fourth-order valence-electron chi connectivity index (χ4n) is 4.08. The molecule has 0 saturated heterocycles. The van der Waals surface area contributed by atoms with Crippen molar-refractivity contribution in [3.63, 3.8) is 0 Å². The molecule has 2 fully saturated rings. The summed E-state index contributed by atoms with van der Waals surface area (Å²) in [6.45, 7) is 14.0. The minimum Gasteiger partial charge on any atom is -0.305 e. The SMILES string of the molecule is C=C1CCCC(C)(NC2(C)CCCCC2C)C1C. The molecule has 2 rings (SSSR count). The van der Waals surface area contributed by atoms with E-state index in [2.05, 4.69) is 39.6 Å². The standard InChI is InChI=1S/C17H31N/c1-13-9-8-12-17(5,15(13)3)18-16(4)11-7-6-10-14(16)2/h14-15,18H,1,6-12H2,2-5H3. The van der Waals surface area contributed by atoms with Crippen molar-refractivity contribution in [2.75, 3.05) is 0 Å². The maximum Gasteiger partial charge on any atom is 0.0221 e. The Hall–Kier alpha value is -0.300. The highest BCUT2D eigenvalue weighted by molar-refractivity contribution is 5.14. The van der Waals surface area contributed by atoms with Crippen molar-refractivity contribution in [3.05, 3.63) is 12.2 Å². The monoisotopic (exact) mass is 249 g/mol. The molecule has 0 amide bonds. The molecule has 104 valence electrons. The van der Waals surface area contributed by atoms with Gasteiger partial charge >= 0.3 is 0 Å². The second kappa shape index (κ2) is 5.00. The Morgan fingerprint density at radius 3 is 2.39 bits per heavy atom. The van der Waals surface area contributed by atoms with Gasteiger partial charge in [0.1, 0.15) is 0 Å². The maximum absolute atomic E-state index is 4.29. The molecule has 2 aliphatic carbocycles. The summed E-state index contributed by atoms with van der Waals surface area (Å²) in [4.78, 5) is 0. The smallest absolute Gasteiger partial charge is 0.0221 e. The van der Waals surface area contributed by atoms with Crippen LogP contribution in [0.3, 0.4) is 0 Å². The van der Waals surface area contributed by atoms with E-state index in [1.165, 1.54) is 50.5 Å². The van der Waals surface area contributed by atoms with Crippen LogP contribution in [-0.2, 0) is 0 Å². The lowest BCUT2D eigenvalue weighted by Crippen LogP contribution is -2.62. The van der Waals surface area contributed by atoms with Crippen molar-refractivity contribution < 1.29 is 0 Å². The predicted octanol–water partition coefficient (Wildman–Crippen LogP) is 4.68. The van der Waals surface area contributed by atoms with E-state index in [0.29, 0.717) is 11.5 Å². The summed E-state index contributed by atoms with van der Waals surface area (Å²) in [6, 6.07) is 0. The topological polar surface area (TPSA) is 12.0 Å². The van der Waals surface area contributed by atoms with Crippen molar-refractivity contribution >= 4 is 0 Å². The average Bonchev–Trinajstić information content (AvgIpc) is 2.30. The first kappa shape index (κ1) is 14.1. The lowest BCUT2D eigenvalue weighted by atomic mass is 9.68. The number of nitrogens with one attached hydrogen (secondary N) is 1. The fraction of sp³-hybridized carbons (Fsp3) is 0.882. The summed E-state index contributed by atoms with van der Waals surface area (Å²) in [5.41, 5.74) is 2.04. The van der Waals surface area contributed by atoms with Gasteiger partial charge in [-0.1, -0.05) is 38.8 Å². The van der Waals surface area contributed by atoms with Crippen LogP contribution in [0.2, 0.25) is 0 Å². The summed E-state index contributed by atoms with van der Waals surface area (Å²) in [7, 11) is 0. The molecule has 0 bridgehead atoms. The third-order valence-electron chi connectivity index (χ3n) is 6.00. The Morgan fingerprint density at radius 2 is 1.72 bits per heavy atom. The zero-order valence-electron chi connectivity index (χ0n) is 12.8. The highest BCUT2D eigenvalue weighted by Gasteiger charge is 2.43. The Balaban J connectivity index is 2.13. The zero-order valence-corrected chi connectivity index (χ0v) is 12.8. The molecular formula is C17H31N. The van der Waals surface area contributed by atoms with E-state index in [4.69, 9.17) is 0 Å². The van der Waals surface area contributed by atoms with E-state index < -0.39 is 0 Å². The van der Waals surface area contributed by atoms with Gasteiger partial charge < -0.3 is 5.32 Å². The van der Waals surface area contributed by atoms with Gasteiger partial charge in [0.05, 0.1) is 0 Å². The van der Waals surface area contributed by atoms with Crippen molar-refractivity contribution in [2.24, 2.45) is 11.8 Å². The normalized spacial score (nSPS) is 46.1. The molecule has 0 heterocycles. The molecule has 0 aromatic rings. The fourth-order valence-corrected chi connectivity index (χ4v) is 4.08. The number of rotatable bonds is 2. The Kier molecular flexibility index (Phi) is 3.92. The average molecular weight is 249 g/mol. The van der Waals surface area contributed by atoms with Crippen LogP contribution in [0.4, 0.5) is 0 Å². The van der Waals surface area contributed by atoms with E-state index in [1.54, 1.807) is 0 Å². The molecule has 1 nitrogen and oxygen atoms in total. The molecule has 0 aliphatic heterocycles. The molecule has 4 atom stereocenters. The summed E-state index contributed by atoms with van der Waals surface area (Å²) in [5, 5.41) is 4.08. The summed E-state index contributed by atoms with van der Waals surface area (Å²) in [6.07, 6.45) is 9.35. The zero-order chi connectivity index (χ0) is 13.4. The molecule has 18 heavy (non-hydrogen) atoms. The summed E-state index contributed by atoms with van der Waals surface area (Å²) < 4.78 is 0. The van der Waals surface area contributed by atoms with Crippen LogP contribution in [0.1, 0.15) is 72.6 Å². The molecule has 4 unspecified atom stereocenters. The van der Waals surface area contributed by atoms with Gasteiger partial charge in [-0.05, 0) is 57.8 Å². The van der Waals surface area contributed by atoms with E-state index in [0.717, 1.165) is 5.92 Å². The van der Waals surface area contributed by atoms with Gasteiger partial charge in [-0.15, -0.1) is 0 Å². The molecular weight excluding hydrogens is 218 g/mol. The largest absolute Gasteiger partial charge is 0.305 e. The van der Waals surface area contributed by atoms with Crippen LogP contribution < -0.4 is 5.32 Å². The molecule has 2 aliphatic rings. The van der Waals surface area contributed by atoms with Gasteiger partial charge in [0.2, 0.25) is 0 Å². The van der Waals surface area contributed by atoms with Crippen LogP contribution in [-0.4, -0.2) is 11.1 Å². The molecule has 2 saturated carbocycles. The van der Waals surface area contributed by atoms with Crippen LogP contribution in [0, 0.1) is 11.8 Å². The van der Waals surface area contributed by atoms with E-state index in [-0.39, 0.29) is 5.54 Å². The third-order valence-corrected chi connectivity index (χ3v) is 6.00. The second-order valence-corrected chi connectivity index (χ2v) is 7.34. The molecule has 0 aromatic heterocycles. The van der Waals surface area contributed by atoms with E-state index in [1.807, 2.05) is 0 Å². The Labute approximate surface area is 113 Å². The minimum absolute atomic E-state index is 0.260. The van der Waals surface area contributed by atoms with Crippen LogP contribution in [0.25, 0.3) is 0 Å². The first-order chi connectivity index (χ1) is 8.37. The van der Waals surface area contributed by atoms with Crippen LogP contribution >= 0.6 is 0 Å². The van der Waals surface area contributed by atoms with E-state index >= 15 is 0 Å². The lowest BCUT2D eigenvalue weighted by molar-refractivity contribution is 0.0884. The van der Waals surface area contributed by atoms with Crippen LogP contribution in [0.5, 0.6) is 0 Å². The number of hydrogen-bond donors (Lipinski definition) is 1. The molecule has 0 spiro atoms. The predicted molar refractivity (Wildman–Crippen MR) is 79.7 cm³/mol. The van der Waals surface area contributed by atoms with E-state index in [9.17, 15) is 0 Å². The summed E-state index contributed by atoms with van der Waals surface area (Å²) >= 11 is 0. The first-order valence-electron chi connectivity index (χ1n) is 7.84. The first-order valence-corrected chi connectivity index (χ1v) is 7.84. The minimum atomic E-state index is 0.260. The van der Waals surface area contributed by atoms with Gasteiger partial charge in [0, 0.05) is 11.1 Å². The Bertz CT molecular complexity index is 322. The van der Waals surface area contributed by atoms with Gasteiger partial charge in [0.25, 0.3) is 0 Å². The lowest BCUT2D eigenvalue weighted by Gasteiger charge is -2.51. The maximum atomic E-state index is 4.29. The Morgan fingerprint density at radius 1 is 1.06 bits per heavy atom. The highest BCUT2D eigenvalue weighted by atomic mass is 15.1. The second-order valence-electron chi connectivity index (χ2n) is 7.34. The van der Waals surface area contributed by atoms with Crippen molar-refractivity contribution in [2.45, 2.75) is 83.7 Å².